The Balaban J connectivity index is 2.11. The number of anilines is 2. The van der Waals surface area contributed by atoms with Crippen LogP contribution in [0.5, 0.6) is 0 Å². The molecule has 0 aliphatic rings. The van der Waals surface area contributed by atoms with Gasteiger partial charge in [0.25, 0.3) is 0 Å². The van der Waals surface area contributed by atoms with Crippen molar-refractivity contribution >= 4 is 27.6 Å². The summed E-state index contributed by atoms with van der Waals surface area (Å²) < 4.78 is 31.9. The number of hydrogen-bond donors (Lipinski definition) is 2. The lowest BCUT2D eigenvalue weighted by molar-refractivity contribution is 0.154. The lowest BCUT2D eigenvalue weighted by atomic mass is 9.91. The lowest BCUT2D eigenvalue weighted by Gasteiger charge is -2.17. The van der Waals surface area contributed by atoms with Crippen LogP contribution in [0.4, 0.5) is 16.3 Å². The Hall–Kier alpha value is -2.69. The van der Waals surface area contributed by atoms with Crippen LogP contribution in [0.25, 0.3) is 11.4 Å². The van der Waals surface area contributed by atoms with E-state index in [0.29, 0.717) is 35.2 Å². The van der Waals surface area contributed by atoms with Crippen molar-refractivity contribution in [3.63, 3.8) is 0 Å². The molecular weight excluding hydrogens is 396 g/mol. The van der Waals surface area contributed by atoms with E-state index in [0.717, 1.165) is 19.1 Å². The molecule has 160 valence electrons. The molecule has 2 aromatic rings. The average molecular weight is 425 g/mol. The van der Waals surface area contributed by atoms with Crippen molar-refractivity contribution in [1.82, 2.24) is 20.0 Å². The molecule has 0 aliphatic heterocycles. The summed E-state index contributed by atoms with van der Waals surface area (Å²) in [5, 5.41) is 10.6. The van der Waals surface area contributed by atoms with E-state index in [4.69, 9.17) is 4.74 Å². The molecular formula is C18H28N6O4S. The second kappa shape index (κ2) is 8.76. The third-order valence-electron chi connectivity index (χ3n) is 3.98. The molecule has 2 N–H and O–H groups in total. The van der Waals surface area contributed by atoms with E-state index in [1.807, 2.05) is 0 Å². The van der Waals surface area contributed by atoms with E-state index >= 15 is 0 Å². The van der Waals surface area contributed by atoms with Gasteiger partial charge in [-0.25, -0.2) is 22.9 Å². The van der Waals surface area contributed by atoms with Gasteiger partial charge in [-0.3, -0.25) is 10.0 Å². The monoisotopic (exact) mass is 424 g/mol. The molecule has 0 saturated heterocycles. The first kappa shape index (κ1) is 22.6. The molecule has 11 heteroatoms. The summed E-state index contributed by atoms with van der Waals surface area (Å²) in [5.41, 5.74) is 1.81. The second-order valence-electron chi connectivity index (χ2n) is 8.04. The predicted octanol–water partition coefficient (Wildman–Crippen LogP) is 2.93. The van der Waals surface area contributed by atoms with Gasteiger partial charge in [-0.15, -0.1) is 5.10 Å². The number of hydrogen-bond acceptors (Lipinski definition) is 7. The number of rotatable bonds is 7. The van der Waals surface area contributed by atoms with E-state index in [1.165, 1.54) is 4.68 Å². The molecule has 0 unspecified atom stereocenters. The molecule has 1 amide bonds. The standard InChI is InChI=1S/C18H28N6O4S/c1-12-13(22-29(6,26)27)8-9-14(19-12)15-16(24(5)23-21-15)20-17(25)28-11-7-10-18(2,3)4/h8-9,22H,7,10-11H2,1-6H3,(H,20,25). The van der Waals surface area contributed by atoms with Crippen LogP contribution >= 0.6 is 0 Å². The summed E-state index contributed by atoms with van der Waals surface area (Å²) >= 11 is 0. The second-order valence-corrected chi connectivity index (χ2v) is 9.79. The van der Waals surface area contributed by atoms with Gasteiger partial charge in [-0.1, -0.05) is 26.0 Å². The molecule has 0 aromatic carbocycles. The van der Waals surface area contributed by atoms with Gasteiger partial charge in [0.05, 0.1) is 29.9 Å². The van der Waals surface area contributed by atoms with Gasteiger partial charge in [-0.2, -0.15) is 0 Å². The summed E-state index contributed by atoms with van der Waals surface area (Å²) in [5.74, 6) is 0.335. The van der Waals surface area contributed by atoms with E-state index < -0.39 is 16.1 Å². The van der Waals surface area contributed by atoms with E-state index in [1.54, 1.807) is 26.1 Å². The number of nitrogens with one attached hydrogen (secondary N) is 2. The molecule has 0 bridgehead atoms. The third kappa shape index (κ3) is 7.00. The molecule has 2 heterocycles. The van der Waals surface area contributed by atoms with E-state index in [9.17, 15) is 13.2 Å². The van der Waals surface area contributed by atoms with Crippen molar-refractivity contribution in [2.24, 2.45) is 12.5 Å². The number of aryl methyl sites for hydroxylation is 2. The first-order chi connectivity index (χ1) is 13.4. The minimum Gasteiger partial charge on any atom is -0.449 e. The maximum atomic E-state index is 12.1. The van der Waals surface area contributed by atoms with Crippen molar-refractivity contribution in [3.8, 4) is 11.4 Å². The van der Waals surface area contributed by atoms with Crippen molar-refractivity contribution in [2.45, 2.75) is 40.5 Å². The zero-order valence-corrected chi connectivity index (χ0v) is 18.4. The first-order valence-corrected chi connectivity index (χ1v) is 11.0. The van der Waals surface area contributed by atoms with Crippen LogP contribution in [0, 0.1) is 12.3 Å². The Morgan fingerprint density at radius 2 is 1.97 bits per heavy atom. The highest BCUT2D eigenvalue weighted by Crippen LogP contribution is 2.26. The Kier molecular flexibility index (Phi) is 6.83. The number of amides is 1. The largest absolute Gasteiger partial charge is 0.449 e. The maximum absolute atomic E-state index is 12.1. The SMILES string of the molecule is Cc1nc(-c2nnn(C)c2NC(=O)OCCCC(C)(C)C)ccc1NS(C)(=O)=O. The highest BCUT2D eigenvalue weighted by atomic mass is 32.2. The Morgan fingerprint density at radius 1 is 1.28 bits per heavy atom. The van der Waals surface area contributed by atoms with Gasteiger partial charge in [0.1, 0.15) is 0 Å². The summed E-state index contributed by atoms with van der Waals surface area (Å²) in [4.78, 5) is 16.5. The highest BCUT2D eigenvalue weighted by Gasteiger charge is 2.19. The smallest absolute Gasteiger partial charge is 0.412 e. The Labute approximate surface area is 171 Å². The zero-order chi connectivity index (χ0) is 21.8. The number of nitrogens with zero attached hydrogens (tertiary/aromatic N) is 4. The molecule has 10 nitrogen and oxygen atoms in total. The van der Waals surface area contributed by atoms with E-state index in [2.05, 4.69) is 46.1 Å². The van der Waals surface area contributed by atoms with Gasteiger partial charge >= 0.3 is 6.09 Å². The van der Waals surface area contributed by atoms with Crippen LogP contribution < -0.4 is 10.0 Å². The van der Waals surface area contributed by atoms with Gasteiger partial charge in [0.15, 0.2) is 11.5 Å². The van der Waals surface area contributed by atoms with Gasteiger partial charge < -0.3 is 4.74 Å². The highest BCUT2D eigenvalue weighted by molar-refractivity contribution is 7.92. The van der Waals surface area contributed by atoms with Crippen LogP contribution in [0.1, 0.15) is 39.3 Å². The quantitative estimate of drug-likeness (QED) is 0.654. The summed E-state index contributed by atoms with van der Waals surface area (Å²) in [7, 11) is -1.78. The molecule has 0 spiro atoms. The van der Waals surface area contributed by atoms with Crippen molar-refractivity contribution in [2.75, 3.05) is 22.9 Å². The number of pyridine rings is 1. The molecule has 0 atom stereocenters. The van der Waals surface area contributed by atoms with Crippen molar-refractivity contribution in [3.05, 3.63) is 17.8 Å². The fourth-order valence-electron chi connectivity index (χ4n) is 2.57. The molecule has 0 saturated carbocycles. The van der Waals surface area contributed by atoms with Crippen LogP contribution in [0.2, 0.25) is 0 Å². The maximum Gasteiger partial charge on any atom is 0.412 e. The topological polar surface area (TPSA) is 128 Å². The molecule has 29 heavy (non-hydrogen) atoms. The number of aromatic nitrogens is 4. The van der Waals surface area contributed by atoms with Gasteiger partial charge in [-0.05, 0) is 37.3 Å². The minimum atomic E-state index is -3.41. The summed E-state index contributed by atoms with van der Waals surface area (Å²) in [6, 6.07) is 3.19. The Morgan fingerprint density at radius 3 is 2.55 bits per heavy atom. The number of carbonyl (C=O) groups is 1. The third-order valence-corrected chi connectivity index (χ3v) is 4.57. The molecule has 0 radical (unpaired) electrons. The van der Waals surface area contributed by atoms with Crippen LogP contribution in [0.3, 0.4) is 0 Å². The lowest BCUT2D eigenvalue weighted by Crippen LogP contribution is -2.18. The van der Waals surface area contributed by atoms with Gasteiger partial charge in [0.2, 0.25) is 10.0 Å². The van der Waals surface area contributed by atoms with Crippen LogP contribution in [-0.2, 0) is 21.8 Å². The van der Waals surface area contributed by atoms with Crippen molar-refractivity contribution < 1.29 is 17.9 Å². The van der Waals surface area contributed by atoms with Crippen LogP contribution in [0.15, 0.2) is 12.1 Å². The fourth-order valence-corrected chi connectivity index (χ4v) is 3.19. The molecule has 2 aromatic heterocycles. The molecule has 0 aliphatic carbocycles. The zero-order valence-electron chi connectivity index (χ0n) is 17.6. The minimum absolute atomic E-state index is 0.181. The average Bonchev–Trinajstić information content (AvgIpc) is 2.92. The molecule has 0 fully saturated rings. The number of carbonyl (C=O) groups excluding carboxylic acids is 1. The first-order valence-electron chi connectivity index (χ1n) is 9.15. The summed E-state index contributed by atoms with van der Waals surface area (Å²) in [6.45, 7) is 8.38. The van der Waals surface area contributed by atoms with Crippen LogP contribution in [-0.4, -0.2) is 47.4 Å². The summed E-state index contributed by atoms with van der Waals surface area (Å²) in [6.07, 6.45) is 2.18. The fraction of sp³-hybridized carbons (Fsp3) is 0.556. The predicted molar refractivity (Wildman–Crippen MR) is 111 cm³/mol. The number of sulfonamides is 1. The van der Waals surface area contributed by atoms with Crippen molar-refractivity contribution in [1.29, 1.82) is 0 Å². The molecule has 2 rings (SSSR count). The van der Waals surface area contributed by atoms with Gasteiger partial charge in [0, 0.05) is 7.05 Å². The Bertz CT molecular complexity index is 979. The van der Waals surface area contributed by atoms with E-state index in [-0.39, 0.29) is 5.41 Å². The normalized spacial score (nSPS) is 11.9. The number of ether oxygens (including phenoxy) is 1.